The Balaban J connectivity index is 2.62. The van der Waals surface area contributed by atoms with E-state index in [9.17, 15) is 13.2 Å². The Morgan fingerprint density at radius 1 is 1.36 bits per heavy atom. The van der Waals surface area contributed by atoms with E-state index in [4.69, 9.17) is 0 Å². The van der Waals surface area contributed by atoms with Gasteiger partial charge in [0.25, 0.3) is 16.1 Å². The van der Waals surface area contributed by atoms with Crippen molar-refractivity contribution >= 4 is 16.1 Å². The molecule has 0 spiro atoms. The maximum atomic E-state index is 11.0. The molecule has 1 aromatic rings. The SMILES string of the molecule is O=C=NS(=O)(=O)CCc1ccncc1. The molecule has 6 heteroatoms. The number of rotatable bonds is 4. The Morgan fingerprint density at radius 2 is 2.00 bits per heavy atom. The second-order valence-electron chi connectivity index (χ2n) is 2.57. The summed E-state index contributed by atoms with van der Waals surface area (Å²) >= 11 is 0. The van der Waals surface area contributed by atoms with Crippen molar-refractivity contribution in [2.45, 2.75) is 6.42 Å². The first-order valence-corrected chi connectivity index (χ1v) is 5.46. The number of sulfonamides is 1. The quantitative estimate of drug-likeness (QED) is 0.531. The van der Waals surface area contributed by atoms with E-state index in [1.165, 1.54) is 0 Å². The van der Waals surface area contributed by atoms with Gasteiger partial charge < -0.3 is 0 Å². The highest BCUT2D eigenvalue weighted by atomic mass is 32.2. The highest BCUT2D eigenvalue weighted by Crippen LogP contribution is 2.01. The van der Waals surface area contributed by atoms with Crippen molar-refractivity contribution in [3.63, 3.8) is 0 Å². The topological polar surface area (TPSA) is 76.5 Å². The summed E-state index contributed by atoms with van der Waals surface area (Å²) in [5.74, 6) is -0.188. The summed E-state index contributed by atoms with van der Waals surface area (Å²) in [6, 6.07) is 3.42. The van der Waals surface area contributed by atoms with Crippen molar-refractivity contribution < 1.29 is 13.2 Å². The van der Waals surface area contributed by atoms with Crippen LogP contribution in [0.3, 0.4) is 0 Å². The first kappa shape index (κ1) is 10.6. The summed E-state index contributed by atoms with van der Waals surface area (Å²) in [6.45, 7) is 0. The van der Waals surface area contributed by atoms with Gasteiger partial charge in [-0.1, -0.05) is 4.40 Å². The van der Waals surface area contributed by atoms with Gasteiger partial charge in [-0.15, -0.1) is 0 Å². The van der Waals surface area contributed by atoms with Crippen LogP contribution in [0.5, 0.6) is 0 Å². The Hall–Kier alpha value is -1.52. The molecule has 1 rings (SSSR count). The highest BCUT2D eigenvalue weighted by Gasteiger charge is 2.07. The normalized spacial score (nSPS) is 10.6. The van der Waals surface area contributed by atoms with Crippen LogP contribution in [-0.4, -0.2) is 25.2 Å². The van der Waals surface area contributed by atoms with Crippen molar-refractivity contribution in [1.82, 2.24) is 4.98 Å². The van der Waals surface area contributed by atoms with E-state index in [2.05, 4.69) is 9.38 Å². The lowest BCUT2D eigenvalue weighted by Gasteiger charge is -1.97. The molecule has 0 radical (unpaired) electrons. The number of pyridine rings is 1. The average Bonchev–Trinajstić information content (AvgIpc) is 2.17. The number of hydrogen-bond donors (Lipinski definition) is 0. The lowest BCUT2D eigenvalue weighted by atomic mass is 10.2. The van der Waals surface area contributed by atoms with Crippen molar-refractivity contribution in [1.29, 1.82) is 0 Å². The van der Waals surface area contributed by atoms with Gasteiger partial charge in [-0.2, -0.15) is 0 Å². The predicted molar refractivity (Wildman–Crippen MR) is 49.8 cm³/mol. The summed E-state index contributed by atoms with van der Waals surface area (Å²) in [5, 5.41) is 0. The first-order chi connectivity index (χ1) is 6.64. The van der Waals surface area contributed by atoms with Crippen LogP contribution in [0.1, 0.15) is 5.56 Å². The van der Waals surface area contributed by atoms with Gasteiger partial charge >= 0.3 is 0 Å². The molecule has 0 aliphatic rings. The second kappa shape index (κ2) is 4.64. The van der Waals surface area contributed by atoms with Gasteiger partial charge in [0.15, 0.2) is 0 Å². The van der Waals surface area contributed by atoms with Crippen LogP contribution in [-0.2, 0) is 21.2 Å². The molecule has 1 heterocycles. The molecule has 5 nitrogen and oxygen atoms in total. The maximum Gasteiger partial charge on any atom is 0.263 e. The molecule has 0 N–H and O–H groups in total. The third-order valence-corrected chi connectivity index (χ3v) is 2.65. The molecule has 0 atom stereocenters. The zero-order valence-corrected chi connectivity index (χ0v) is 8.07. The van der Waals surface area contributed by atoms with Crippen molar-refractivity contribution in [3.05, 3.63) is 30.1 Å². The number of hydrogen-bond acceptors (Lipinski definition) is 4. The third-order valence-electron chi connectivity index (χ3n) is 1.57. The fourth-order valence-corrected chi connectivity index (χ4v) is 1.60. The lowest BCUT2D eigenvalue weighted by Crippen LogP contribution is -2.05. The number of isocyanates is 1. The fourth-order valence-electron chi connectivity index (χ4n) is 0.899. The van der Waals surface area contributed by atoms with Gasteiger partial charge in [-0.05, 0) is 24.1 Å². The molecular weight excluding hydrogens is 204 g/mol. The van der Waals surface area contributed by atoms with Gasteiger partial charge in [0.1, 0.15) is 0 Å². The van der Waals surface area contributed by atoms with Crippen LogP contribution in [0.15, 0.2) is 28.9 Å². The van der Waals surface area contributed by atoms with E-state index < -0.39 is 10.0 Å². The Morgan fingerprint density at radius 3 is 2.57 bits per heavy atom. The zero-order chi connectivity index (χ0) is 10.4. The summed E-state index contributed by atoms with van der Waals surface area (Å²) < 4.78 is 24.6. The van der Waals surface area contributed by atoms with Crippen molar-refractivity contribution in [3.8, 4) is 0 Å². The lowest BCUT2D eigenvalue weighted by molar-refractivity contribution is 0.563. The Labute approximate surface area is 81.6 Å². The van der Waals surface area contributed by atoms with E-state index in [1.54, 1.807) is 24.5 Å². The molecule has 0 unspecified atom stereocenters. The molecular formula is C8H8N2O3S. The Bertz CT molecular complexity index is 435. The number of aryl methyl sites for hydroxylation is 1. The van der Waals surface area contributed by atoms with E-state index in [0.29, 0.717) is 6.42 Å². The fraction of sp³-hybridized carbons (Fsp3) is 0.250. The number of carbonyl (C=O) groups excluding carboxylic acids is 1. The van der Waals surface area contributed by atoms with Gasteiger partial charge in [0.05, 0.1) is 5.75 Å². The van der Waals surface area contributed by atoms with Crippen LogP contribution in [0.2, 0.25) is 0 Å². The highest BCUT2D eigenvalue weighted by molar-refractivity contribution is 7.90. The number of aromatic nitrogens is 1. The molecule has 0 fully saturated rings. The molecule has 0 aliphatic heterocycles. The van der Waals surface area contributed by atoms with Crippen LogP contribution in [0.4, 0.5) is 0 Å². The average molecular weight is 212 g/mol. The molecule has 14 heavy (non-hydrogen) atoms. The van der Waals surface area contributed by atoms with Crippen LogP contribution < -0.4 is 0 Å². The summed E-state index contributed by atoms with van der Waals surface area (Å²) in [4.78, 5) is 13.5. The molecule has 74 valence electrons. The van der Waals surface area contributed by atoms with Crippen LogP contribution in [0.25, 0.3) is 0 Å². The monoisotopic (exact) mass is 212 g/mol. The summed E-state index contributed by atoms with van der Waals surface area (Å²) in [6.07, 6.45) is 4.48. The molecule has 1 aromatic heterocycles. The molecule has 0 saturated carbocycles. The second-order valence-corrected chi connectivity index (χ2v) is 4.33. The zero-order valence-electron chi connectivity index (χ0n) is 7.25. The summed E-state index contributed by atoms with van der Waals surface area (Å²) in [7, 11) is -3.65. The van der Waals surface area contributed by atoms with Gasteiger partial charge in [-0.3, -0.25) is 4.98 Å². The van der Waals surface area contributed by atoms with E-state index in [1.807, 2.05) is 0 Å². The van der Waals surface area contributed by atoms with Gasteiger partial charge in [0.2, 0.25) is 0 Å². The predicted octanol–water partition coefficient (Wildman–Crippen LogP) is 0.290. The van der Waals surface area contributed by atoms with Crippen LogP contribution in [0, 0.1) is 0 Å². The van der Waals surface area contributed by atoms with Gasteiger partial charge in [0, 0.05) is 12.4 Å². The first-order valence-electron chi connectivity index (χ1n) is 3.85. The Kier molecular flexibility index (Phi) is 3.50. The van der Waals surface area contributed by atoms with E-state index >= 15 is 0 Å². The summed E-state index contributed by atoms with van der Waals surface area (Å²) in [5.41, 5.74) is 0.838. The van der Waals surface area contributed by atoms with Crippen molar-refractivity contribution in [2.75, 3.05) is 5.75 Å². The molecule has 0 amide bonds. The van der Waals surface area contributed by atoms with E-state index in [-0.39, 0.29) is 5.75 Å². The molecule has 0 aliphatic carbocycles. The van der Waals surface area contributed by atoms with E-state index in [0.717, 1.165) is 11.6 Å². The minimum absolute atomic E-state index is 0.188. The molecule has 0 saturated heterocycles. The molecule has 0 bridgehead atoms. The molecule has 0 aromatic carbocycles. The largest absolute Gasteiger partial charge is 0.265 e. The maximum absolute atomic E-state index is 11.0. The minimum Gasteiger partial charge on any atom is -0.265 e. The minimum atomic E-state index is -3.65. The van der Waals surface area contributed by atoms with Crippen molar-refractivity contribution in [2.24, 2.45) is 4.40 Å². The number of nitrogens with zero attached hydrogens (tertiary/aromatic N) is 2. The van der Waals surface area contributed by atoms with Crippen LogP contribution >= 0.6 is 0 Å². The smallest absolute Gasteiger partial charge is 0.263 e. The third kappa shape index (κ3) is 3.47. The van der Waals surface area contributed by atoms with Gasteiger partial charge in [-0.25, -0.2) is 13.2 Å². The standard InChI is InChI=1S/C8H8N2O3S/c11-7-10-14(12,13)6-3-8-1-4-9-5-2-8/h1-2,4-5H,3,6H2.